The van der Waals surface area contributed by atoms with Crippen LogP contribution in [0.1, 0.15) is 25.3 Å². The smallest absolute Gasteiger partial charge is 0.0538 e. The first kappa shape index (κ1) is 9.79. The van der Waals surface area contributed by atoms with E-state index in [0.717, 1.165) is 0 Å². The standard InChI is InChI=1S/C14H13NS/c1-9(2)10-4-3-5-12-14(10)11-6-7-15-8-13(11)16-12/h3-9H,1-2H3. The Morgan fingerprint density at radius 2 is 2.00 bits per heavy atom. The predicted octanol–water partition coefficient (Wildman–Crippen LogP) is 4.57. The summed E-state index contributed by atoms with van der Waals surface area (Å²) in [6.07, 6.45) is 3.84. The lowest BCUT2D eigenvalue weighted by Gasteiger charge is -2.07. The molecule has 0 saturated heterocycles. The molecule has 2 heterocycles. The van der Waals surface area contributed by atoms with Gasteiger partial charge in [-0.1, -0.05) is 26.0 Å². The molecule has 0 amide bonds. The summed E-state index contributed by atoms with van der Waals surface area (Å²) >= 11 is 1.83. The van der Waals surface area contributed by atoms with Gasteiger partial charge in [-0.15, -0.1) is 11.3 Å². The second-order valence-corrected chi connectivity index (χ2v) is 5.43. The molecule has 2 aromatic heterocycles. The fourth-order valence-electron chi connectivity index (χ4n) is 2.19. The van der Waals surface area contributed by atoms with E-state index < -0.39 is 0 Å². The Hall–Kier alpha value is -1.41. The molecule has 3 aromatic rings. The molecule has 1 nitrogen and oxygen atoms in total. The monoisotopic (exact) mass is 227 g/mol. The van der Waals surface area contributed by atoms with Crippen molar-refractivity contribution in [1.82, 2.24) is 4.98 Å². The number of fused-ring (bicyclic) bond motifs is 3. The van der Waals surface area contributed by atoms with E-state index in [0.29, 0.717) is 5.92 Å². The van der Waals surface area contributed by atoms with Crippen LogP contribution in [0.4, 0.5) is 0 Å². The van der Waals surface area contributed by atoms with Crippen LogP contribution in [-0.4, -0.2) is 4.98 Å². The summed E-state index contributed by atoms with van der Waals surface area (Å²) in [6, 6.07) is 8.71. The van der Waals surface area contributed by atoms with Crippen molar-refractivity contribution in [1.29, 1.82) is 0 Å². The van der Waals surface area contributed by atoms with Gasteiger partial charge < -0.3 is 0 Å². The van der Waals surface area contributed by atoms with Crippen molar-refractivity contribution in [2.45, 2.75) is 19.8 Å². The van der Waals surface area contributed by atoms with Gasteiger partial charge in [0.2, 0.25) is 0 Å². The molecule has 0 saturated carbocycles. The van der Waals surface area contributed by atoms with E-state index in [1.807, 2.05) is 23.7 Å². The summed E-state index contributed by atoms with van der Waals surface area (Å²) in [7, 11) is 0. The SMILES string of the molecule is CC(C)c1cccc2sc3cnccc3c12. The zero-order valence-corrected chi connectivity index (χ0v) is 10.2. The van der Waals surface area contributed by atoms with E-state index >= 15 is 0 Å². The molecule has 0 atom stereocenters. The summed E-state index contributed by atoms with van der Waals surface area (Å²) in [5.41, 5.74) is 1.44. The van der Waals surface area contributed by atoms with Gasteiger partial charge in [0, 0.05) is 27.9 Å². The van der Waals surface area contributed by atoms with Crippen molar-refractivity contribution < 1.29 is 0 Å². The molecule has 3 rings (SSSR count). The molecule has 1 aromatic carbocycles. The van der Waals surface area contributed by atoms with Gasteiger partial charge in [-0.25, -0.2) is 0 Å². The number of aromatic nitrogens is 1. The zero-order chi connectivity index (χ0) is 11.1. The van der Waals surface area contributed by atoms with E-state index in [1.54, 1.807) is 0 Å². The van der Waals surface area contributed by atoms with Crippen LogP contribution in [0, 0.1) is 0 Å². The summed E-state index contributed by atoms with van der Waals surface area (Å²) in [4.78, 5) is 4.19. The van der Waals surface area contributed by atoms with Crippen LogP contribution in [0.25, 0.3) is 20.2 Å². The molecule has 0 spiro atoms. The Morgan fingerprint density at radius 3 is 2.81 bits per heavy atom. The van der Waals surface area contributed by atoms with Crippen molar-refractivity contribution >= 4 is 31.5 Å². The summed E-state index contributed by atoms with van der Waals surface area (Å²) in [5, 5.41) is 2.76. The van der Waals surface area contributed by atoms with Crippen LogP contribution in [0.15, 0.2) is 36.7 Å². The van der Waals surface area contributed by atoms with Crippen LogP contribution in [-0.2, 0) is 0 Å². The van der Waals surface area contributed by atoms with Gasteiger partial charge in [-0.2, -0.15) is 0 Å². The zero-order valence-electron chi connectivity index (χ0n) is 9.40. The first-order chi connectivity index (χ1) is 7.77. The molecule has 0 bridgehead atoms. The highest BCUT2D eigenvalue weighted by atomic mass is 32.1. The summed E-state index contributed by atoms with van der Waals surface area (Å²) in [6.45, 7) is 4.50. The molecule has 0 fully saturated rings. The molecule has 0 aliphatic rings. The minimum atomic E-state index is 0.565. The van der Waals surface area contributed by atoms with Crippen LogP contribution in [0.5, 0.6) is 0 Å². The van der Waals surface area contributed by atoms with E-state index in [9.17, 15) is 0 Å². The molecule has 80 valence electrons. The predicted molar refractivity (Wildman–Crippen MR) is 71.2 cm³/mol. The van der Waals surface area contributed by atoms with E-state index in [1.165, 1.54) is 25.7 Å². The Labute approximate surface area is 98.7 Å². The van der Waals surface area contributed by atoms with Crippen molar-refractivity contribution in [3.8, 4) is 0 Å². The topological polar surface area (TPSA) is 12.9 Å². The third kappa shape index (κ3) is 1.34. The average molecular weight is 227 g/mol. The van der Waals surface area contributed by atoms with Crippen LogP contribution in [0.2, 0.25) is 0 Å². The Bertz CT molecular complexity index is 652. The quantitative estimate of drug-likeness (QED) is 0.593. The molecule has 16 heavy (non-hydrogen) atoms. The van der Waals surface area contributed by atoms with Crippen molar-refractivity contribution in [2.75, 3.05) is 0 Å². The third-order valence-electron chi connectivity index (χ3n) is 2.95. The number of pyridine rings is 1. The number of benzene rings is 1. The Kier molecular flexibility index (Phi) is 2.18. The van der Waals surface area contributed by atoms with Gasteiger partial charge in [0.05, 0.1) is 4.70 Å². The van der Waals surface area contributed by atoms with Gasteiger partial charge in [-0.3, -0.25) is 4.98 Å². The molecule has 0 unspecified atom stereocenters. The highest BCUT2D eigenvalue weighted by Gasteiger charge is 2.10. The molecule has 2 heteroatoms. The second-order valence-electron chi connectivity index (χ2n) is 4.35. The van der Waals surface area contributed by atoms with Crippen LogP contribution in [0.3, 0.4) is 0 Å². The van der Waals surface area contributed by atoms with Crippen LogP contribution < -0.4 is 0 Å². The maximum atomic E-state index is 4.19. The molecule has 0 aliphatic carbocycles. The lowest BCUT2D eigenvalue weighted by molar-refractivity contribution is 0.877. The highest BCUT2D eigenvalue weighted by Crippen LogP contribution is 2.37. The van der Waals surface area contributed by atoms with E-state index in [2.05, 4.69) is 43.1 Å². The maximum Gasteiger partial charge on any atom is 0.0538 e. The number of nitrogens with zero attached hydrogens (tertiary/aromatic N) is 1. The number of hydrogen-bond acceptors (Lipinski definition) is 2. The molecule has 0 radical (unpaired) electrons. The van der Waals surface area contributed by atoms with Crippen molar-refractivity contribution in [2.24, 2.45) is 0 Å². The number of rotatable bonds is 1. The maximum absolute atomic E-state index is 4.19. The number of hydrogen-bond donors (Lipinski definition) is 0. The minimum absolute atomic E-state index is 0.565. The highest BCUT2D eigenvalue weighted by molar-refractivity contribution is 7.25. The lowest BCUT2D eigenvalue weighted by Crippen LogP contribution is -1.87. The molecule has 0 N–H and O–H groups in total. The largest absolute Gasteiger partial charge is 0.263 e. The minimum Gasteiger partial charge on any atom is -0.263 e. The lowest BCUT2D eigenvalue weighted by atomic mass is 9.98. The van der Waals surface area contributed by atoms with Crippen molar-refractivity contribution in [3.05, 3.63) is 42.2 Å². The van der Waals surface area contributed by atoms with E-state index in [-0.39, 0.29) is 0 Å². The third-order valence-corrected chi connectivity index (χ3v) is 4.06. The van der Waals surface area contributed by atoms with Crippen molar-refractivity contribution in [3.63, 3.8) is 0 Å². The Balaban J connectivity index is 2.53. The normalized spacial score (nSPS) is 11.7. The summed E-state index contributed by atoms with van der Waals surface area (Å²) in [5.74, 6) is 0.565. The fraction of sp³-hybridized carbons (Fsp3) is 0.214. The van der Waals surface area contributed by atoms with Gasteiger partial charge in [0.1, 0.15) is 0 Å². The first-order valence-corrected chi connectivity index (χ1v) is 6.34. The summed E-state index contributed by atoms with van der Waals surface area (Å²) < 4.78 is 2.65. The van der Waals surface area contributed by atoms with Crippen LogP contribution >= 0.6 is 11.3 Å². The Morgan fingerprint density at radius 1 is 1.12 bits per heavy atom. The van der Waals surface area contributed by atoms with Gasteiger partial charge in [-0.05, 0) is 23.6 Å². The van der Waals surface area contributed by atoms with E-state index in [4.69, 9.17) is 0 Å². The molecular formula is C14H13NS. The number of thiophene rings is 1. The molecular weight excluding hydrogens is 214 g/mol. The van der Waals surface area contributed by atoms with Gasteiger partial charge in [0.25, 0.3) is 0 Å². The second kappa shape index (κ2) is 3.56. The first-order valence-electron chi connectivity index (χ1n) is 5.52. The van der Waals surface area contributed by atoms with Gasteiger partial charge in [0.15, 0.2) is 0 Å². The van der Waals surface area contributed by atoms with Gasteiger partial charge >= 0.3 is 0 Å². The average Bonchev–Trinajstić information content (AvgIpc) is 2.66. The molecule has 0 aliphatic heterocycles. The fourth-order valence-corrected chi connectivity index (χ4v) is 3.30.